The van der Waals surface area contributed by atoms with Crippen molar-refractivity contribution in [3.05, 3.63) is 114 Å². The largest absolute Gasteiger partial charge is 0.493 e. The van der Waals surface area contributed by atoms with Gasteiger partial charge in [-0.1, -0.05) is 99.6 Å². The summed E-state index contributed by atoms with van der Waals surface area (Å²) in [5.41, 5.74) is 3.13. The van der Waals surface area contributed by atoms with Crippen LogP contribution < -0.4 is 18.9 Å². The van der Waals surface area contributed by atoms with Gasteiger partial charge in [-0.3, -0.25) is 4.72 Å². The Morgan fingerprint density at radius 3 is 2.14 bits per heavy atom. The number of para-hydroxylation sites is 2. The third-order valence-electron chi connectivity index (χ3n) is 7.72. The maximum Gasteiger partial charge on any atom is 0.263 e. The third kappa shape index (κ3) is 8.66. The molecule has 0 spiro atoms. The summed E-state index contributed by atoms with van der Waals surface area (Å²) in [6, 6.07) is 30.5. The van der Waals surface area contributed by atoms with Gasteiger partial charge in [0.25, 0.3) is 15.9 Å². The highest BCUT2D eigenvalue weighted by Crippen LogP contribution is 2.42. The van der Waals surface area contributed by atoms with Gasteiger partial charge in [0.1, 0.15) is 6.61 Å². The van der Waals surface area contributed by atoms with E-state index in [2.05, 4.69) is 51.1 Å². The standard InChI is InChI=1S/C37H37N7O6S/c1-37(2,3)28-18-20-29(21-19-28)51(45,46)42-35-32(50-31-13-9-8-12-30(31)47-4)36(49-23-22-48-24-25-10-6-5-7-11-25)39-33(38-35)26-14-16-27(17-15-26)34-40-43-44-41-34/h5-21H,22-24H2,1-4H3,(H,38,39,42)(H,40,41,43,44). The van der Waals surface area contributed by atoms with Crippen molar-refractivity contribution in [3.63, 3.8) is 0 Å². The molecule has 0 aliphatic rings. The van der Waals surface area contributed by atoms with Crippen LogP contribution in [-0.2, 0) is 26.8 Å². The summed E-state index contributed by atoms with van der Waals surface area (Å²) in [4.78, 5) is 9.42. The quantitative estimate of drug-likeness (QED) is 0.114. The molecule has 0 amide bonds. The Labute approximate surface area is 296 Å². The molecule has 0 aliphatic heterocycles. The molecule has 6 aromatic rings. The zero-order valence-corrected chi connectivity index (χ0v) is 29.3. The predicted octanol–water partition coefficient (Wildman–Crippen LogP) is 6.82. The lowest BCUT2D eigenvalue weighted by molar-refractivity contribution is 0.0866. The van der Waals surface area contributed by atoms with E-state index in [9.17, 15) is 8.42 Å². The Balaban J connectivity index is 1.40. The van der Waals surface area contributed by atoms with Crippen molar-refractivity contribution in [1.82, 2.24) is 30.6 Å². The van der Waals surface area contributed by atoms with Gasteiger partial charge in [-0.2, -0.15) is 4.98 Å². The number of methoxy groups -OCH3 is 1. The molecule has 51 heavy (non-hydrogen) atoms. The molecule has 0 bridgehead atoms. The topological polar surface area (TPSA) is 163 Å². The number of anilines is 1. The first-order chi connectivity index (χ1) is 24.6. The summed E-state index contributed by atoms with van der Waals surface area (Å²) < 4.78 is 54.3. The van der Waals surface area contributed by atoms with Crippen LogP contribution in [0.4, 0.5) is 5.82 Å². The lowest BCUT2D eigenvalue weighted by Gasteiger charge is -2.20. The fourth-order valence-corrected chi connectivity index (χ4v) is 5.98. The number of aromatic nitrogens is 6. The number of hydrogen-bond acceptors (Lipinski definition) is 11. The minimum absolute atomic E-state index is 0.0153. The van der Waals surface area contributed by atoms with Crippen molar-refractivity contribution < 1.29 is 27.4 Å². The van der Waals surface area contributed by atoms with Crippen LogP contribution in [-0.4, -0.2) is 59.3 Å². The number of nitrogens with one attached hydrogen (secondary N) is 2. The maximum atomic E-state index is 13.9. The van der Waals surface area contributed by atoms with Gasteiger partial charge in [-0.15, -0.1) is 5.10 Å². The molecule has 0 aliphatic carbocycles. The summed E-state index contributed by atoms with van der Waals surface area (Å²) in [6.45, 7) is 6.84. The molecule has 0 atom stereocenters. The highest BCUT2D eigenvalue weighted by Gasteiger charge is 2.26. The van der Waals surface area contributed by atoms with E-state index in [1.165, 1.54) is 7.11 Å². The summed E-state index contributed by atoms with van der Waals surface area (Å²) in [5.74, 6) is 1.13. The minimum Gasteiger partial charge on any atom is -0.493 e. The second-order valence-electron chi connectivity index (χ2n) is 12.4. The van der Waals surface area contributed by atoms with Crippen molar-refractivity contribution in [3.8, 4) is 45.9 Å². The molecule has 2 aromatic heterocycles. The molecule has 0 saturated heterocycles. The Morgan fingerprint density at radius 2 is 1.47 bits per heavy atom. The number of tetrazole rings is 1. The van der Waals surface area contributed by atoms with E-state index in [-0.39, 0.29) is 46.8 Å². The molecule has 13 nitrogen and oxygen atoms in total. The van der Waals surface area contributed by atoms with Crippen LogP contribution in [0.5, 0.6) is 23.1 Å². The molecular weight excluding hydrogens is 671 g/mol. The molecule has 6 rings (SSSR count). The van der Waals surface area contributed by atoms with Gasteiger partial charge < -0.3 is 18.9 Å². The highest BCUT2D eigenvalue weighted by atomic mass is 32.2. The summed E-state index contributed by atoms with van der Waals surface area (Å²) in [5, 5.41) is 14.0. The number of aromatic amines is 1. The van der Waals surface area contributed by atoms with E-state index in [1.807, 2.05) is 30.3 Å². The first kappa shape index (κ1) is 35.0. The number of nitrogens with zero attached hydrogens (tertiary/aromatic N) is 5. The van der Waals surface area contributed by atoms with Gasteiger partial charge in [-0.05, 0) is 51.2 Å². The van der Waals surface area contributed by atoms with E-state index < -0.39 is 10.0 Å². The van der Waals surface area contributed by atoms with Gasteiger partial charge in [0.2, 0.25) is 5.75 Å². The van der Waals surface area contributed by atoms with E-state index in [0.717, 1.165) is 16.7 Å². The Kier molecular flexibility index (Phi) is 10.5. The molecule has 2 heterocycles. The Morgan fingerprint density at radius 1 is 0.784 bits per heavy atom. The smallest absolute Gasteiger partial charge is 0.263 e. The van der Waals surface area contributed by atoms with Crippen molar-refractivity contribution in [2.24, 2.45) is 0 Å². The normalized spacial score (nSPS) is 11.6. The van der Waals surface area contributed by atoms with Gasteiger partial charge >= 0.3 is 0 Å². The molecule has 0 radical (unpaired) electrons. The van der Waals surface area contributed by atoms with Crippen LogP contribution in [0.15, 0.2) is 108 Å². The summed E-state index contributed by atoms with van der Waals surface area (Å²) in [6.07, 6.45) is 0. The summed E-state index contributed by atoms with van der Waals surface area (Å²) in [7, 11) is -2.67. The van der Waals surface area contributed by atoms with Crippen molar-refractivity contribution in [1.29, 1.82) is 0 Å². The van der Waals surface area contributed by atoms with E-state index in [0.29, 0.717) is 29.5 Å². The van der Waals surface area contributed by atoms with Gasteiger partial charge in [-0.25, -0.2) is 18.5 Å². The van der Waals surface area contributed by atoms with E-state index in [1.54, 1.807) is 72.8 Å². The molecule has 4 aromatic carbocycles. The average Bonchev–Trinajstić information content (AvgIpc) is 3.68. The zero-order valence-electron chi connectivity index (χ0n) is 28.5. The van der Waals surface area contributed by atoms with Crippen molar-refractivity contribution in [2.45, 2.75) is 37.7 Å². The molecule has 0 unspecified atom stereocenters. The number of benzene rings is 4. The molecular formula is C37H37N7O6S. The van der Waals surface area contributed by atoms with Crippen LogP contribution in [0, 0.1) is 0 Å². The monoisotopic (exact) mass is 707 g/mol. The molecule has 0 fully saturated rings. The highest BCUT2D eigenvalue weighted by molar-refractivity contribution is 7.92. The molecule has 14 heteroatoms. The van der Waals surface area contributed by atoms with Crippen LogP contribution in [0.1, 0.15) is 31.9 Å². The lowest BCUT2D eigenvalue weighted by atomic mass is 9.87. The van der Waals surface area contributed by atoms with E-state index >= 15 is 0 Å². The van der Waals surface area contributed by atoms with Crippen LogP contribution in [0.2, 0.25) is 0 Å². The SMILES string of the molecule is COc1ccccc1Oc1c(NS(=O)(=O)c2ccc(C(C)(C)C)cc2)nc(-c2ccc(-c3nnn[nH]3)cc2)nc1OCCOCc1ccccc1. The Bertz CT molecular complexity index is 2160. The van der Waals surface area contributed by atoms with Crippen LogP contribution >= 0.6 is 0 Å². The number of H-pyrrole nitrogens is 1. The predicted molar refractivity (Wildman–Crippen MR) is 191 cm³/mol. The number of rotatable bonds is 14. The van der Waals surface area contributed by atoms with E-state index in [4.69, 9.17) is 23.9 Å². The number of sulfonamides is 1. The van der Waals surface area contributed by atoms with Gasteiger partial charge in [0.05, 0.1) is 25.2 Å². The van der Waals surface area contributed by atoms with Crippen LogP contribution in [0.25, 0.3) is 22.8 Å². The molecule has 262 valence electrons. The maximum absolute atomic E-state index is 13.9. The second-order valence-corrected chi connectivity index (χ2v) is 14.1. The first-order valence-electron chi connectivity index (χ1n) is 16.1. The van der Waals surface area contributed by atoms with Crippen molar-refractivity contribution >= 4 is 15.8 Å². The van der Waals surface area contributed by atoms with Crippen LogP contribution in [0.3, 0.4) is 0 Å². The third-order valence-corrected chi connectivity index (χ3v) is 9.07. The zero-order chi connectivity index (χ0) is 35.8. The molecule has 0 saturated carbocycles. The van der Waals surface area contributed by atoms with Gasteiger partial charge in [0, 0.05) is 11.1 Å². The fourth-order valence-electron chi connectivity index (χ4n) is 4.97. The molecule has 2 N–H and O–H groups in total. The van der Waals surface area contributed by atoms with Gasteiger partial charge in [0.15, 0.2) is 29.0 Å². The summed E-state index contributed by atoms with van der Waals surface area (Å²) >= 11 is 0. The van der Waals surface area contributed by atoms with Crippen molar-refractivity contribution in [2.75, 3.05) is 25.0 Å². The fraction of sp³-hybridized carbons (Fsp3) is 0.216. The lowest BCUT2D eigenvalue weighted by Crippen LogP contribution is -2.17. The Hall–Kier alpha value is -5.86. The second kappa shape index (κ2) is 15.4. The minimum atomic E-state index is -4.18. The number of ether oxygens (including phenoxy) is 4. The average molecular weight is 708 g/mol. The first-order valence-corrected chi connectivity index (χ1v) is 17.5. The number of hydrogen-bond donors (Lipinski definition) is 2.